The minimum atomic E-state index is -0.388. The van der Waals surface area contributed by atoms with Gasteiger partial charge in [-0.05, 0) is 24.3 Å². The maximum Gasteiger partial charge on any atom is 0.338 e. The van der Waals surface area contributed by atoms with Gasteiger partial charge in [-0.1, -0.05) is 18.2 Å². The van der Waals surface area contributed by atoms with E-state index in [0.29, 0.717) is 22.6 Å². The summed E-state index contributed by atoms with van der Waals surface area (Å²) in [6.07, 6.45) is 0. The summed E-state index contributed by atoms with van der Waals surface area (Å²) in [5.74, 6) is 0.229. The predicted octanol–water partition coefficient (Wildman–Crippen LogP) is 2.60. The van der Waals surface area contributed by atoms with Crippen LogP contribution in [0, 0.1) is 0 Å². The molecule has 0 bridgehead atoms. The number of hydrogen-bond donors (Lipinski definition) is 2. The maximum atomic E-state index is 11.8. The summed E-state index contributed by atoms with van der Waals surface area (Å²) in [5, 5.41) is 0. The third-order valence-electron chi connectivity index (χ3n) is 3.09. The number of aromatic nitrogens is 2. The van der Waals surface area contributed by atoms with Crippen molar-refractivity contribution in [1.29, 1.82) is 0 Å². The van der Waals surface area contributed by atoms with Crippen LogP contribution in [0.25, 0.3) is 22.4 Å². The number of aromatic amines is 1. The normalized spacial score (nSPS) is 10.7. The highest BCUT2D eigenvalue weighted by atomic mass is 16.5. The molecule has 100 valence electrons. The third-order valence-corrected chi connectivity index (χ3v) is 3.09. The number of benzene rings is 2. The standard InChI is InChI=1S/C15H13N3O2/c1-20-15(19)11-5-3-2-4-10(11)14-17-12-7-6-9(16)8-13(12)18-14/h2-8H,16H2,1H3,(H,17,18). The molecule has 0 fully saturated rings. The van der Waals surface area contributed by atoms with Crippen LogP contribution >= 0.6 is 0 Å². The quantitative estimate of drug-likeness (QED) is 0.552. The number of hydrogen-bond acceptors (Lipinski definition) is 4. The van der Waals surface area contributed by atoms with Crippen molar-refractivity contribution in [2.24, 2.45) is 0 Å². The number of anilines is 1. The molecule has 5 nitrogen and oxygen atoms in total. The van der Waals surface area contributed by atoms with Crippen molar-refractivity contribution in [2.75, 3.05) is 12.8 Å². The van der Waals surface area contributed by atoms with Gasteiger partial charge in [-0.25, -0.2) is 9.78 Å². The summed E-state index contributed by atoms with van der Waals surface area (Å²) in [6, 6.07) is 12.6. The fourth-order valence-corrected chi connectivity index (χ4v) is 2.13. The Bertz CT molecular complexity index is 793. The Kier molecular flexibility index (Phi) is 2.87. The molecule has 1 heterocycles. The van der Waals surface area contributed by atoms with Crippen LogP contribution in [0.15, 0.2) is 42.5 Å². The maximum absolute atomic E-state index is 11.8. The number of esters is 1. The van der Waals surface area contributed by atoms with Crippen LogP contribution in [0.5, 0.6) is 0 Å². The average molecular weight is 267 g/mol. The van der Waals surface area contributed by atoms with Crippen LogP contribution in [-0.2, 0) is 4.74 Å². The number of imidazole rings is 1. The number of H-pyrrole nitrogens is 1. The lowest BCUT2D eigenvalue weighted by Crippen LogP contribution is -2.03. The summed E-state index contributed by atoms with van der Waals surface area (Å²) in [7, 11) is 1.36. The molecule has 0 saturated heterocycles. The number of carbonyl (C=O) groups is 1. The van der Waals surface area contributed by atoms with E-state index in [1.165, 1.54) is 7.11 Å². The van der Waals surface area contributed by atoms with Crippen LogP contribution in [0.3, 0.4) is 0 Å². The van der Waals surface area contributed by atoms with Crippen molar-refractivity contribution in [3.63, 3.8) is 0 Å². The summed E-state index contributed by atoms with van der Waals surface area (Å²) >= 11 is 0. The first-order valence-electron chi connectivity index (χ1n) is 6.12. The van der Waals surface area contributed by atoms with Crippen molar-refractivity contribution >= 4 is 22.7 Å². The number of rotatable bonds is 2. The Morgan fingerprint density at radius 3 is 2.85 bits per heavy atom. The molecule has 2 aromatic carbocycles. The molecule has 3 N–H and O–H groups in total. The van der Waals surface area contributed by atoms with Crippen molar-refractivity contribution in [3.05, 3.63) is 48.0 Å². The Balaban J connectivity index is 2.18. The highest BCUT2D eigenvalue weighted by molar-refractivity contribution is 5.97. The highest BCUT2D eigenvalue weighted by Crippen LogP contribution is 2.25. The summed E-state index contributed by atoms with van der Waals surface area (Å²) in [5.41, 5.74) is 9.22. The van der Waals surface area contributed by atoms with Gasteiger partial charge < -0.3 is 15.5 Å². The van der Waals surface area contributed by atoms with E-state index in [1.54, 1.807) is 18.2 Å². The number of methoxy groups -OCH3 is 1. The van der Waals surface area contributed by atoms with Gasteiger partial charge in [0.15, 0.2) is 0 Å². The first-order valence-corrected chi connectivity index (χ1v) is 6.12. The second kappa shape index (κ2) is 4.70. The van der Waals surface area contributed by atoms with Gasteiger partial charge in [0, 0.05) is 11.3 Å². The van der Waals surface area contributed by atoms with Crippen LogP contribution in [-0.4, -0.2) is 23.0 Å². The molecule has 0 saturated carbocycles. The number of nitrogens with two attached hydrogens (primary N) is 1. The molecule has 20 heavy (non-hydrogen) atoms. The van der Waals surface area contributed by atoms with Gasteiger partial charge in [-0.15, -0.1) is 0 Å². The van der Waals surface area contributed by atoms with Crippen molar-refractivity contribution in [3.8, 4) is 11.4 Å². The first kappa shape index (κ1) is 12.2. The molecule has 0 aliphatic heterocycles. The summed E-state index contributed by atoms with van der Waals surface area (Å²) < 4.78 is 4.79. The van der Waals surface area contributed by atoms with Gasteiger partial charge in [0.2, 0.25) is 0 Å². The van der Waals surface area contributed by atoms with E-state index in [2.05, 4.69) is 9.97 Å². The van der Waals surface area contributed by atoms with Gasteiger partial charge in [-0.3, -0.25) is 0 Å². The first-order chi connectivity index (χ1) is 9.69. The molecular weight excluding hydrogens is 254 g/mol. The molecule has 5 heteroatoms. The lowest BCUT2D eigenvalue weighted by atomic mass is 10.1. The molecule has 3 rings (SSSR count). The van der Waals surface area contributed by atoms with E-state index in [0.717, 1.165) is 11.0 Å². The lowest BCUT2D eigenvalue weighted by molar-refractivity contribution is 0.0601. The fourth-order valence-electron chi connectivity index (χ4n) is 2.13. The molecule has 1 aromatic heterocycles. The largest absolute Gasteiger partial charge is 0.465 e. The highest BCUT2D eigenvalue weighted by Gasteiger charge is 2.15. The van der Waals surface area contributed by atoms with E-state index < -0.39 is 0 Å². The van der Waals surface area contributed by atoms with Gasteiger partial charge >= 0.3 is 5.97 Å². The van der Waals surface area contributed by atoms with Crippen molar-refractivity contribution in [2.45, 2.75) is 0 Å². The number of nitrogen functional groups attached to an aromatic ring is 1. The number of nitrogens with one attached hydrogen (secondary N) is 1. The van der Waals surface area contributed by atoms with Crippen LogP contribution in [0.2, 0.25) is 0 Å². The summed E-state index contributed by atoms with van der Waals surface area (Å²) in [6.45, 7) is 0. The van der Waals surface area contributed by atoms with Crippen molar-refractivity contribution in [1.82, 2.24) is 9.97 Å². The second-order valence-electron chi connectivity index (χ2n) is 4.40. The van der Waals surface area contributed by atoms with Gasteiger partial charge in [0.05, 0.1) is 23.7 Å². The lowest BCUT2D eigenvalue weighted by Gasteiger charge is -2.04. The molecule has 0 atom stereocenters. The third kappa shape index (κ3) is 1.99. The molecule has 0 amide bonds. The number of nitrogens with zero attached hydrogens (tertiary/aromatic N) is 1. The average Bonchev–Trinajstić information content (AvgIpc) is 2.89. The van der Waals surface area contributed by atoms with Crippen LogP contribution < -0.4 is 5.73 Å². The molecule has 0 aliphatic rings. The molecule has 3 aromatic rings. The molecule has 0 unspecified atom stereocenters. The van der Waals surface area contributed by atoms with Crippen LogP contribution in [0.4, 0.5) is 5.69 Å². The topological polar surface area (TPSA) is 81.0 Å². The molecule has 0 radical (unpaired) electrons. The second-order valence-corrected chi connectivity index (χ2v) is 4.40. The van der Waals surface area contributed by atoms with E-state index in [9.17, 15) is 4.79 Å². The smallest absolute Gasteiger partial charge is 0.338 e. The van der Waals surface area contributed by atoms with Crippen molar-refractivity contribution < 1.29 is 9.53 Å². The van der Waals surface area contributed by atoms with Gasteiger partial charge in [0.1, 0.15) is 5.82 Å². The number of carbonyl (C=O) groups excluding carboxylic acids is 1. The molecule has 0 spiro atoms. The fraction of sp³-hybridized carbons (Fsp3) is 0.0667. The Labute approximate surface area is 115 Å². The van der Waals surface area contributed by atoms with Crippen LogP contribution in [0.1, 0.15) is 10.4 Å². The summed E-state index contributed by atoms with van der Waals surface area (Å²) in [4.78, 5) is 19.4. The SMILES string of the molecule is COC(=O)c1ccccc1-c1nc2ccc(N)cc2[nH]1. The van der Waals surface area contributed by atoms with E-state index in [4.69, 9.17) is 10.5 Å². The molecule has 0 aliphatic carbocycles. The minimum absolute atomic E-state index is 0.388. The number of ether oxygens (including phenoxy) is 1. The minimum Gasteiger partial charge on any atom is -0.465 e. The van der Waals surface area contributed by atoms with E-state index in [1.807, 2.05) is 24.3 Å². The van der Waals surface area contributed by atoms with E-state index in [-0.39, 0.29) is 5.97 Å². The van der Waals surface area contributed by atoms with Gasteiger partial charge in [0.25, 0.3) is 0 Å². The predicted molar refractivity (Wildman–Crippen MR) is 77.3 cm³/mol. The zero-order valence-electron chi connectivity index (χ0n) is 10.9. The number of fused-ring (bicyclic) bond motifs is 1. The van der Waals surface area contributed by atoms with E-state index >= 15 is 0 Å². The van der Waals surface area contributed by atoms with Gasteiger partial charge in [-0.2, -0.15) is 0 Å². The monoisotopic (exact) mass is 267 g/mol. The zero-order valence-corrected chi connectivity index (χ0v) is 10.9. The Morgan fingerprint density at radius 1 is 1.25 bits per heavy atom. The Morgan fingerprint density at radius 2 is 2.05 bits per heavy atom. The Hall–Kier alpha value is -2.82. The zero-order chi connectivity index (χ0) is 14.1. The molecular formula is C15H13N3O2.